The van der Waals surface area contributed by atoms with Crippen LogP contribution < -0.4 is 14.2 Å². The van der Waals surface area contributed by atoms with Crippen LogP contribution in [-0.4, -0.2) is 85.6 Å². The molecule has 0 radical (unpaired) electrons. The maximum Gasteiger partial charge on any atom is 0.253 e. The molecule has 262 valence electrons. The Morgan fingerprint density at radius 2 is 1.63 bits per heavy atom. The molecule has 0 N–H and O–H groups in total. The fourth-order valence-corrected chi connectivity index (χ4v) is 7.02. The number of ketones is 1. The van der Waals surface area contributed by atoms with Crippen LogP contribution in [0.4, 0.5) is 0 Å². The number of ether oxygens (including phenoxy) is 3. The number of aromatic nitrogens is 2. The predicted molar refractivity (Wildman–Crippen MR) is 195 cm³/mol. The lowest BCUT2D eigenvalue weighted by atomic mass is 9.90. The Hall–Kier alpha value is -3.79. The zero-order valence-electron chi connectivity index (χ0n) is 29.0. The van der Waals surface area contributed by atoms with E-state index >= 15 is 0 Å². The van der Waals surface area contributed by atoms with Crippen molar-refractivity contribution in [3.63, 3.8) is 0 Å². The Balaban J connectivity index is 1.26. The van der Waals surface area contributed by atoms with Gasteiger partial charge in [-0.05, 0) is 87.3 Å². The van der Waals surface area contributed by atoms with Gasteiger partial charge < -0.3 is 28.6 Å². The van der Waals surface area contributed by atoms with Crippen LogP contribution in [0.15, 0.2) is 54.6 Å². The number of para-hydroxylation sites is 2. The van der Waals surface area contributed by atoms with Gasteiger partial charge in [0.25, 0.3) is 5.91 Å². The molecule has 0 bridgehead atoms. The lowest BCUT2D eigenvalue weighted by molar-refractivity contribution is 0.0778. The van der Waals surface area contributed by atoms with E-state index in [-0.39, 0.29) is 23.5 Å². The molecule has 1 atom stereocenters. The topological polar surface area (TPSA) is 86.1 Å². The minimum absolute atomic E-state index is 0.0106. The Bertz CT molecular complexity index is 1740. The first-order valence-corrected chi connectivity index (χ1v) is 17.7. The number of nitrogens with zero attached hydrogens (tertiary/aromatic N) is 4. The maximum absolute atomic E-state index is 13.8. The Kier molecular flexibility index (Phi) is 12.5. The number of likely N-dealkylation sites (N-methyl/N-ethyl adjacent to an activating group) is 1. The number of benzene rings is 3. The van der Waals surface area contributed by atoms with Gasteiger partial charge in [-0.1, -0.05) is 54.7 Å². The molecule has 0 aliphatic carbocycles. The van der Waals surface area contributed by atoms with Crippen molar-refractivity contribution in [2.75, 3.05) is 54.6 Å². The number of rotatable bonds is 15. The average molecular weight is 710 g/mol. The summed E-state index contributed by atoms with van der Waals surface area (Å²) >= 11 is 12.7. The standard InChI is InChI=1S/C38H46Cl2N4O5/c1-6-7-17-44-32-11-9-8-10-31(32)41-37(44)35(45)25-14-18-43(19-15-25)20-16-27(26-12-13-29(39)30(40)21-26)24-42(2)38(46)28-22-33(47-3)36(49-5)34(23-28)48-4/h8-13,21-23,25,27H,6-7,14-20,24H2,1-5H3. The van der Waals surface area contributed by atoms with E-state index in [4.69, 9.17) is 42.4 Å². The van der Waals surface area contributed by atoms with Gasteiger partial charge in [0.1, 0.15) is 0 Å². The second kappa shape index (κ2) is 16.7. The molecule has 1 aliphatic heterocycles. The first-order chi connectivity index (χ1) is 23.7. The normalized spacial score (nSPS) is 14.5. The van der Waals surface area contributed by atoms with Crippen LogP contribution in [0.5, 0.6) is 17.2 Å². The second-order valence-corrected chi connectivity index (χ2v) is 13.5. The fourth-order valence-electron chi connectivity index (χ4n) is 6.71. The third-order valence-electron chi connectivity index (χ3n) is 9.53. The number of aryl methyl sites for hydroxylation is 1. The maximum atomic E-state index is 13.8. The monoisotopic (exact) mass is 708 g/mol. The van der Waals surface area contributed by atoms with Crippen molar-refractivity contribution in [2.45, 2.75) is 51.5 Å². The Morgan fingerprint density at radius 1 is 0.939 bits per heavy atom. The molecule has 4 aromatic rings. The highest BCUT2D eigenvalue weighted by Crippen LogP contribution is 2.39. The number of hydrogen-bond acceptors (Lipinski definition) is 7. The van der Waals surface area contributed by atoms with Crippen LogP contribution in [0.2, 0.25) is 10.0 Å². The third kappa shape index (κ3) is 8.34. The molecule has 1 aromatic heterocycles. The molecule has 1 fully saturated rings. The average Bonchev–Trinajstić information content (AvgIpc) is 3.50. The second-order valence-electron chi connectivity index (χ2n) is 12.7. The zero-order valence-corrected chi connectivity index (χ0v) is 30.5. The van der Waals surface area contributed by atoms with Crippen LogP contribution >= 0.6 is 23.2 Å². The lowest BCUT2D eigenvalue weighted by Crippen LogP contribution is -2.38. The fraction of sp³-hybridized carbons (Fsp3) is 0.447. The van der Waals surface area contributed by atoms with Crippen molar-refractivity contribution >= 4 is 45.9 Å². The van der Waals surface area contributed by atoms with E-state index in [1.165, 1.54) is 21.3 Å². The van der Waals surface area contributed by atoms with Gasteiger partial charge in [-0.2, -0.15) is 0 Å². The summed E-state index contributed by atoms with van der Waals surface area (Å²) in [5, 5.41) is 0.966. The number of likely N-dealkylation sites (tertiary alicyclic amines) is 1. The smallest absolute Gasteiger partial charge is 0.253 e. The molecule has 1 aliphatic rings. The molecule has 9 nitrogen and oxygen atoms in total. The number of carbonyl (C=O) groups is 2. The summed E-state index contributed by atoms with van der Waals surface area (Å²) in [6, 6.07) is 17.0. The highest BCUT2D eigenvalue weighted by atomic mass is 35.5. The van der Waals surface area contributed by atoms with E-state index < -0.39 is 0 Å². The Morgan fingerprint density at radius 3 is 2.27 bits per heavy atom. The first kappa shape index (κ1) is 36.5. The number of amides is 1. The third-order valence-corrected chi connectivity index (χ3v) is 10.3. The van der Waals surface area contributed by atoms with E-state index in [1.54, 1.807) is 30.1 Å². The highest BCUT2D eigenvalue weighted by Gasteiger charge is 2.30. The summed E-state index contributed by atoms with van der Waals surface area (Å²) in [7, 11) is 6.37. The quantitative estimate of drug-likeness (QED) is 0.116. The molecule has 1 amide bonds. The van der Waals surface area contributed by atoms with Gasteiger partial charge in [0, 0.05) is 37.5 Å². The number of piperidine rings is 1. The number of imidazole rings is 1. The van der Waals surface area contributed by atoms with Crippen LogP contribution in [0.25, 0.3) is 11.0 Å². The Labute approximate surface area is 299 Å². The van der Waals surface area contributed by atoms with Crippen molar-refractivity contribution in [3.05, 3.63) is 81.6 Å². The molecule has 1 saturated heterocycles. The van der Waals surface area contributed by atoms with Crippen molar-refractivity contribution in [1.82, 2.24) is 19.4 Å². The van der Waals surface area contributed by atoms with Gasteiger partial charge in [0.2, 0.25) is 11.5 Å². The molecule has 0 saturated carbocycles. The summed E-state index contributed by atoms with van der Waals surface area (Å²) < 4.78 is 18.5. The predicted octanol–water partition coefficient (Wildman–Crippen LogP) is 8.01. The van der Waals surface area contributed by atoms with Crippen LogP contribution in [0.1, 0.15) is 71.5 Å². The van der Waals surface area contributed by atoms with Crippen LogP contribution in [0.3, 0.4) is 0 Å². The first-order valence-electron chi connectivity index (χ1n) is 16.9. The lowest BCUT2D eigenvalue weighted by Gasteiger charge is -2.33. The van der Waals surface area contributed by atoms with Crippen molar-refractivity contribution < 1.29 is 23.8 Å². The minimum atomic E-state index is -0.173. The highest BCUT2D eigenvalue weighted by molar-refractivity contribution is 6.42. The summed E-state index contributed by atoms with van der Waals surface area (Å²) in [6.45, 7) is 5.86. The van der Waals surface area contributed by atoms with E-state index in [2.05, 4.69) is 22.5 Å². The summed E-state index contributed by atoms with van der Waals surface area (Å²) in [4.78, 5) is 36.4. The molecule has 3 aromatic carbocycles. The number of methoxy groups -OCH3 is 3. The summed E-state index contributed by atoms with van der Waals surface area (Å²) in [5.74, 6) is 1.76. The zero-order chi connectivity index (χ0) is 35.1. The molecular weight excluding hydrogens is 663 g/mol. The molecule has 49 heavy (non-hydrogen) atoms. The molecule has 5 rings (SSSR count). The van der Waals surface area contributed by atoms with Crippen molar-refractivity contribution in [2.24, 2.45) is 5.92 Å². The van der Waals surface area contributed by atoms with Gasteiger partial charge in [0.05, 0.1) is 42.4 Å². The number of Topliss-reactive ketones (excluding diaryl/α,β-unsaturated/α-hetero) is 1. The van der Waals surface area contributed by atoms with Crippen LogP contribution in [0, 0.1) is 5.92 Å². The van der Waals surface area contributed by atoms with Gasteiger partial charge in [-0.3, -0.25) is 9.59 Å². The van der Waals surface area contributed by atoms with Crippen molar-refractivity contribution in [3.8, 4) is 17.2 Å². The SMILES string of the molecule is CCCCn1c(C(=O)C2CCN(CCC(CN(C)C(=O)c3cc(OC)c(OC)c(OC)c3)c3ccc(Cl)c(Cl)c3)CC2)nc2ccccc21. The number of carbonyl (C=O) groups excluding carboxylic acids is 2. The summed E-state index contributed by atoms with van der Waals surface area (Å²) in [6.07, 6.45) is 4.41. The number of halogens is 2. The van der Waals surface area contributed by atoms with E-state index in [0.29, 0.717) is 45.2 Å². The van der Waals surface area contributed by atoms with Gasteiger partial charge in [-0.25, -0.2) is 4.98 Å². The van der Waals surface area contributed by atoms with Crippen LogP contribution in [-0.2, 0) is 6.54 Å². The van der Waals surface area contributed by atoms with Gasteiger partial charge in [-0.15, -0.1) is 0 Å². The molecular formula is C38H46Cl2N4O5. The number of unbranched alkanes of at least 4 members (excludes halogenated alkanes) is 1. The van der Waals surface area contributed by atoms with E-state index in [0.717, 1.165) is 74.9 Å². The van der Waals surface area contributed by atoms with E-state index in [9.17, 15) is 9.59 Å². The largest absolute Gasteiger partial charge is 0.493 e. The molecule has 0 spiro atoms. The van der Waals surface area contributed by atoms with Gasteiger partial charge in [0.15, 0.2) is 17.3 Å². The summed E-state index contributed by atoms with van der Waals surface area (Å²) in [5.41, 5.74) is 3.34. The number of fused-ring (bicyclic) bond motifs is 1. The van der Waals surface area contributed by atoms with Gasteiger partial charge >= 0.3 is 0 Å². The molecule has 1 unspecified atom stereocenters. The number of hydrogen-bond donors (Lipinski definition) is 0. The van der Waals surface area contributed by atoms with E-state index in [1.807, 2.05) is 30.3 Å². The molecule has 2 heterocycles. The van der Waals surface area contributed by atoms with Crippen molar-refractivity contribution in [1.29, 1.82) is 0 Å². The molecule has 11 heteroatoms. The minimum Gasteiger partial charge on any atom is -0.493 e.